The van der Waals surface area contributed by atoms with Crippen LogP contribution in [0.2, 0.25) is 0 Å². The fourth-order valence-corrected chi connectivity index (χ4v) is 1.29. The van der Waals surface area contributed by atoms with E-state index in [0.717, 1.165) is 6.08 Å². The van der Waals surface area contributed by atoms with Crippen LogP contribution in [0, 0.1) is 0 Å². The van der Waals surface area contributed by atoms with Gasteiger partial charge in [-0.3, -0.25) is 0 Å². The van der Waals surface area contributed by atoms with E-state index in [-0.39, 0.29) is 6.33 Å². The highest BCUT2D eigenvalue weighted by Gasteiger charge is 2.04. The summed E-state index contributed by atoms with van der Waals surface area (Å²) in [5.41, 5.74) is 0. The summed E-state index contributed by atoms with van der Waals surface area (Å²) in [5.74, 6) is 0. The molecule has 0 saturated heterocycles. The first-order valence-corrected chi connectivity index (χ1v) is 3.67. The predicted molar refractivity (Wildman–Crippen MR) is 38.4 cm³/mol. The molecular weight excluding hydrogens is 154 g/mol. The molecule has 0 nitrogen and oxygen atoms in total. The van der Waals surface area contributed by atoms with Gasteiger partial charge >= 0.3 is 0 Å². The van der Waals surface area contributed by atoms with Crippen LogP contribution in [0.4, 0.5) is 8.78 Å². The molecule has 0 radical (unpaired) electrons. The van der Waals surface area contributed by atoms with Gasteiger partial charge in [0.05, 0.1) is 6.33 Å². The molecular formula is C7H6F2S. The van der Waals surface area contributed by atoms with Crippen LogP contribution in [0.15, 0.2) is 29.9 Å². The van der Waals surface area contributed by atoms with Crippen LogP contribution in [-0.2, 0) is 0 Å². The highest BCUT2D eigenvalue weighted by Crippen LogP contribution is 2.23. The second-order valence-electron chi connectivity index (χ2n) is 1.74. The number of alkyl halides is 1. The van der Waals surface area contributed by atoms with E-state index in [0.29, 0.717) is 4.88 Å². The molecule has 10 heavy (non-hydrogen) atoms. The monoisotopic (exact) mass is 160 g/mol. The van der Waals surface area contributed by atoms with Gasteiger partial charge in [-0.05, 0) is 17.5 Å². The predicted octanol–water partition coefficient (Wildman–Crippen LogP) is 3.24. The third-order valence-electron chi connectivity index (χ3n) is 1.06. The second-order valence-corrected chi connectivity index (χ2v) is 2.71. The fourth-order valence-electron chi connectivity index (χ4n) is 0.607. The Morgan fingerprint density at radius 2 is 2.40 bits per heavy atom. The smallest absolute Gasteiger partial charge is 0.155 e. The summed E-state index contributed by atoms with van der Waals surface area (Å²) >= 11 is 1.28. The molecule has 0 N–H and O–H groups in total. The van der Waals surface area contributed by atoms with Gasteiger partial charge in [-0.25, -0.2) is 8.78 Å². The Balaban J connectivity index is 2.67. The first-order chi connectivity index (χ1) is 4.84. The van der Waals surface area contributed by atoms with E-state index < -0.39 is 6.17 Å². The Labute approximate surface area is 61.8 Å². The molecule has 3 heteroatoms. The minimum atomic E-state index is -1.29. The molecule has 0 aliphatic heterocycles. The van der Waals surface area contributed by atoms with Crippen LogP contribution >= 0.6 is 11.3 Å². The molecule has 0 aliphatic rings. The van der Waals surface area contributed by atoms with E-state index >= 15 is 0 Å². The van der Waals surface area contributed by atoms with Gasteiger partial charge in [-0.15, -0.1) is 11.3 Å². The van der Waals surface area contributed by atoms with Gasteiger partial charge < -0.3 is 0 Å². The first-order valence-electron chi connectivity index (χ1n) is 2.79. The lowest BCUT2D eigenvalue weighted by molar-refractivity contribution is 0.416. The molecule has 1 aromatic rings. The number of allylic oxidation sites excluding steroid dienone is 1. The van der Waals surface area contributed by atoms with E-state index in [1.807, 2.05) is 0 Å². The van der Waals surface area contributed by atoms with E-state index in [9.17, 15) is 8.78 Å². The fraction of sp³-hybridized carbons (Fsp3) is 0.143. The zero-order chi connectivity index (χ0) is 7.40. The maximum Gasteiger partial charge on any atom is 0.155 e. The van der Waals surface area contributed by atoms with Gasteiger partial charge in [0, 0.05) is 4.88 Å². The third kappa shape index (κ3) is 1.64. The third-order valence-corrected chi connectivity index (χ3v) is 1.98. The number of thiophene rings is 1. The normalized spacial score (nSPS) is 14.2. The average Bonchev–Trinajstić information content (AvgIpc) is 2.38. The van der Waals surface area contributed by atoms with E-state index in [1.165, 1.54) is 11.3 Å². The summed E-state index contributed by atoms with van der Waals surface area (Å²) in [6, 6.07) is 3.37. The Hall–Kier alpha value is -0.700. The summed E-state index contributed by atoms with van der Waals surface area (Å²) in [6.45, 7) is 0. The van der Waals surface area contributed by atoms with E-state index in [4.69, 9.17) is 0 Å². The van der Waals surface area contributed by atoms with Gasteiger partial charge in [0.15, 0.2) is 6.17 Å². The molecule has 1 aromatic heterocycles. The highest BCUT2D eigenvalue weighted by molar-refractivity contribution is 7.10. The van der Waals surface area contributed by atoms with Crippen LogP contribution in [0.25, 0.3) is 0 Å². The Morgan fingerprint density at radius 3 is 2.90 bits per heavy atom. The molecule has 1 heterocycles. The number of hydrogen-bond acceptors (Lipinski definition) is 1. The average molecular weight is 160 g/mol. The van der Waals surface area contributed by atoms with Gasteiger partial charge in [-0.1, -0.05) is 6.07 Å². The lowest BCUT2D eigenvalue weighted by atomic mass is 10.3. The van der Waals surface area contributed by atoms with Gasteiger partial charge in [0.25, 0.3) is 0 Å². The maximum absolute atomic E-state index is 12.7. The molecule has 0 aromatic carbocycles. The van der Waals surface area contributed by atoms with Crippen LogP contribution < -0.4 is 0 Å². The summed E-state index contributed by atoms with van der Waals surface area (Å²) in [5, 5.41) is 1.76. The van der Waals surface area contributed by atoms with Gasteiger partial charge in [0.2, 0.25) is 0 Å². The molecule has 0 saturated carbocycles. The molecule has 1 unspecified atom stereocenters. The summed E-state index contributed by atoms with van der Waals surface area (Å²) < 4.78 is 24.1. The van der Waals surface area contributed by atoms with Crippen LogP contribution in [0.3, 0.4) is 0 Å². The van der Waals surface area contributed by atoms with Crippen molar-refractivity contribution in [2.24, 2.45) is 0 Å². The minimum absolute atomic E-state index is 0.227. The van der Waals surface area contributed by atoms with Crippen molar-refractivity contribution in [3.8, 4) is 0 Å². The molecule has 1 atom stereocenters. The van der Waals surface area contributed by atoms with Crippen molar-refractivity contribution >= 4 is 11.3 Å². The number of halogens is 2. The molecule has 0 spiro atoms. The van der Waals surface area contributed by atoms with Crippen molar-refractivity contribution in [2.75, 3.05) is 0 Å². The Bertz CT molecular complexity index is 203. The number of hydrogen-bond donors (Lipinski definition) is 0. The van der Waals surface area contributed by atoms with Crippen molar-refractivity contribution in [3.63, 3.8) is 0 Å². The van der Waals surface area contributed by atoms with Crippen molar-refractivity contribution in [2.45, 2.75) is 6.17 Å². The molecule has 0 aliphatic carbocycles. The number of rotatable bonds is 2. The molecule has 0 bridgehead atoms. The summed E-state index contributed by atoms with van der Waals surface area (Å²) in [4.78, 5) is 0.536. The standard InChI is InChI=1S/C7H6F2S/c8-4-3-6(9)7-2-1-5-10-7/h1-6H. The summed E-state index contributed by atoms with van der Waals surface area (Å²) in [6.07, 6.45) is -0.180. The van der Waals surface area contributed by atoms with Crippen molar-refractivity contribution in [1.29, 1.82) is 0 Å². The van der Waals surface area contributed by atoms with Crippen molar-refractivity contribution < 1.29 is 8.78 Å². The molecule has 54 valence electrons. The quantitative estimate of drug-likeness (QED) is 0.623. The maximum atomic E-state index is 12.7. The Kier molecular flexibility index (Phi) is 2.57. The lowest BCUT2D eigenvalue weighted by Gasteiger charge is -1.94. The van der Waals surface area contributed by atoms with E-state index in [2.05, 4.69) is 0 Å². The van der Waals surface area contributed by atoms with Gasteiger partial charge in [-0.2, -0.15) is 0 Å². The van der Waals surface area contributed by atoms with Crippen LogP contribution in [-0.4, -0.2) is 0 Å². The molecule has 1 rings (SSSR count). The Morgan fingerprint density at radius 1 is 1.60 bits per heavy atom. The van der Waals surface area contributed by atoms with Gasteiger partial charge in [0.1, 0.15) is 0 Å². The zero-order valence-electron chi connectivity index (χ0n) is 5.13. The SMILES string of the molecule is FC=CC(F)c1cccs1. The van der Waals surface area contributed by atoms with Crippen molar-refractivity contribution in [3.05, 3.63) is 34.8 Å². The highest BCUT2D eigenvalue weighted by atomic mass is 32.1. The van der Waals surface area contributed by atoms with Crippen LogP contribution in [0.5, 0.6) is 0 Å². The first kappa shape index (κ1) is 7.41. The second kappa shape index (κ2) is 3.46. The van der Waals surface area contributed by atoms with E-state index in [1.54, 1.807) is 17.5 Å². The van der Waals surface area contributed by atoms with Crippen molar-refractivity contribution in [1.82, 2.24) is 0 Å². The molecule has 0 amide bonds. The minimum Gasteiger partial charge on any atom is -0.237 e. The zero-order valence-corrected chi connectivity index (χ0v) is 5.94. The van der Waals surface area contributed by atoms with Crippen LogP contribution in [0.1, 0.15) is 11.0 Å². The molecule has 0 fully saturated rings. The largest absolute Gasteiger partial charge is 0.237 e. The summed E-state index contributed by atoms with van der Waals surface area (Å²) in [7, 11) is 0. The topological polar surface area (TPSA) is 0 Å². The lowest BCUT2D eigenvalue weighted by Crippen LogP contribution is -1.78.